The van der Waals surface area contributed by atoms with E-state index in [2.05, 4.69) is 0 Å². The first-order valence-corrected chi connectivity index (χ1v) is 12.4. The van der Waals surface area contributed by atoms with Crippen LogP contribution < -0.4 is 4.74 Å². The van der Waals surface area contributed by atoms with E-state index in [1.807, 2.05) is 6.92 Å². The lowest BCUT2D eigenvalue weighted by molar-refractivity contribution is 0.334. The van der Waals surface area contributed by atoms with E-state index in [-0.39, 0.29) is 34.4 Å². The number of methoxy groups -OCH3 is 1. The molecule has 1 aliphatic rings. The van der Waals surface area contributed by atoms with Gasteiger partial charge in [-0.3, -0.25) is 0 Å². The van der Waals surface area contributed by atoms with Gasteiger partial charge >= 0.3 is 0 Å². The van der Waals surface area contributed by atoms with Crippen LogP contribution in [0.1, 0.15) is 17.5 Å². The molecule has 1 fully saturated rings. The molecule has 3 rings (SSSR count). The summed E-state index contributed by atoms with van der Waals surface area (Å²) < 4.78 is 57.2. The SMILES string of the molecule is COc1ccc(CN(C2CCS(=O)(=O)C2)S(=O)(=O)c2ccc(C)cc2Cl)cc1. The molecule has 1 atom stereocenters. The summed E-state index contributed by atoms with van der Waals surface area (Å²) in [5.41, 5.74) is 1.58. The van der Waals surface area contributed by atoms with E-state index in [1.54, 1.807) is 43.5 Å². The highest BCUT2D eigenvalue weighted by Gasteiger charge is 2.39. The molecule has 1 aliphatic heterocycles. The summed E-state index contributed by atoms with van der Waals surface area (Å²) in [6, 6.07) is 11.1. The number of ether oxygens (including phenoxy) is 1. The van der Waals surface area contributed by atoms with Crippen LogP contribution in [-0.2, 0) is 26.4 Å². The van der Waals surface area contributed by atoms with Crippen molar-refractivity contribution in [1.82, 2.24) is 4.31 Å². The first kappa shape index (κ1) is 21.1. The molecule has 9 heteroatoms. The van der Waals surface area contributed by atoms with Crippen LogP contribution in [0.2, 0.25) is 5.02 Å². The van der Waals surface area contributed by atoms with Crippen molar-refractivity contribution in [2.45, 2.75) is 30.8 Å². The Kier molecular flexibility index (Phi) is 6.05. The molecule has 1 saturated heterocycles. The zero-order chi connectivity index (χ0) is 20.5. The Balaban J connectivity index is 2.01. The lowest BCUT2D eigenvalue weighted by atomic mass is 10.2. The molecule has 0 aromatic heterocycles. The lowest BCUT2D eigenvalue weighted by Gasteiger charge is -2.28. The second kappa shape index (κ2) is 8.02. The minimum absolute atomic E-state index is 0.0161. The van der Waals surface area contributed by atoms with E-state index >= 15 is 0 Å². The smallest absolute Gasteiger partial charge is 0.245 e. The minimum atomic E-state index is -3.99. The lowest BCUT2D eigenvalue weighted by Crippen LogP contribution is -2.40. The Hall–Kier alpha value is -1.61. The van der Waals surface area contributed by atoms with E-state index in [0.717, 1.165) is 11.1 Å². The topological polar surface area (TPSA) is 80.8 Å². The molecule has 6 nitrogen and oxygen atoms in total. The van der Waals surface area contributed by atoms with Crippen LogP contribution in [-0.4, -0.2) is 45.8 Å². The molecule has 152 valence electrons. The molecule has 0 bridgehead atoms. The van der Waals surface area contributed by atoms with E-state index in [0.29, 0.717) is 5.75 Å². The number of sulfone groups is 1. The maximum absolute atomic E-state index is 13.4. The predicted octanol–water partition coefficient (Wildman–Crippen LogP) is 3.04. The van der Waals surface area contributed by atoms with Gasteiger partial charge in [-0.05, 0) is 48.7 Å². The van der Waals surface area contributed by atoms with E-state index in [4.69, 9.17) is 16.3 Å². The van der Waals surface area contributed by atoms with Crippen LogP contribution in [0.4, 0.5) is 0 Å². The summed E-state index contributed by atoms with van der Waals surface area (Å²) in [7, 11) is -5.70. The van der Waals surface area contributed by atoms with Crippen molar-refractivity contribution in [2.75, 3.05) is 18.6 Å². The summed E-state index contributed by atoms with van der Waals surface area (Å²) in [5, 5.41) is 0.126. The summed E-state index contributed by atoms with van der Waals surface area (Å²) in [5.74, 6) is 0.447. The molecule has 0 radical (unpaired) electrons. The normalized spacial score (nSPS) is 19.1. The number of benzene rings is 2. The van der Waals surface area contributed by atoms with Crippen molar-refractivity contribution in [3.05, 3.63) is 58.6 Å². The van der Waals surface area contributed by atoms with Gasteiger partial charge in [0.15, 0.2) is 9.84 Å². The molecule has 1 unspecified atom stereocenters. The Bertz CT molecular complexity index is 1070. The standard InChI is InChI=1S/C19H22ClNO5S2/c1-14-3-8-19(18(20)11-14)28(24,25)21(16-9-10-27(22,23)13-16)12-15-4-6-17(26-2)7-5-15/h3-8,11,16H,9-10,12-13H2,1-2H3. The van der Waals surface area contributed by atoms with Crippen molar-refractivity contribution in [3.63, 3.8) is 0 Å². The summed E-state index contributed by atoms with van der Waals surface area (Å²) >= 11 is 6.22. The van der Waals surface area contributed by atoms with Crippen LogP contribution in [0, 0.1) is 6.92 Å². The van der Waals surface area contributed by atoms with Gasteiger partial charge in [0, 0.05) is 12.6 Å². The Morgan fingerprint density at radius 3 is 2.39 bits per heavy atom. The number of hydrogen-bond acceptors (Lipinski definition) is 5. The molecule has 0 aliphatic carbocycles. The monoisotopic (exact) mass is 443 g/mol. The Labute approximate surface area is 171 Å². The number of nitrogens with zero attached hydrogens (tertiary/aromatic N) is 1. The number of halogens is 1. The zero-order valence-corrected chi connectivity index (χ0v) is 18.0. The van der Waals surface area contributed by atoms with Gasteiger partial charge in [0.25, 0.3) is 0 Å². The van der Waals surface area contributed by atoms with Crippen LogP contribution in [0.5, 0.6) is 5.75 Å². The molecule has 0 saturated carbocycles. The number of aryl methyl sites for hydroxylation is 1. The third-order valence-corrected chi connectivity index (χ3v) is 8.92. The maximum Gasteiger partial charge on any atom is 0.245 e. The summed E-state index contributed by atoms with van der Waals surface area (Å²) in [4.78, 5) is -0.0161. The molecule has 0 N–H and O–H groups in total. The van der Waals surface area contributed by atoms with Gasteiger partial charge in [0.05, 0.1) is 23.6 Å². The molecule has 28 heavy (non-hydrogen) atoms. The number of sulfonamides is 1. The van der Waals surface area contributed by atoms with Crippen molar-refractivity contribution in [1.29, 1.82) is 0 Å². The van der Waals surface area contributed by atoms with E-state index in [9.17, 15) is 16.8 Å². The van der Waals surface area contributed by atoms with E-state index in [1.165, 1.54) is 10.4 Å². The zero-order valence-electron chi connectivity index (χ0n) is 15.6. The van der Waals surface area contributed by atoms with Crippen molar-refractivity contribution in [2.24, 2.45) is 0 Å². The van der Waals surface area contributed by atoms with Gasteiger partial charge < -0.3 is 4.74 Å². The second-order valence-electron chi connectivity index (χ2n) is 6.89. The molecule has 0 spiro atoms. The highest BCUT2D eigenvalue weighted by atomic mass is 35.5. The van der Waals surface area contributed by atoms with Crippen molar-refractivity contribution in [3.8, 4) is 5.75 Å². The van der Waals surface area contributed by atoms with Gasteiger partial charge in [0.2, 0.25) is 10.0 Å². The van der Waals surface area contributed by atoms with Gasteiger partial charge in [-0.1, -0.05) is 29.8 Å². The van der Waals surface area contributed by atoms with Crippen LogP contribution >= 0.6 is 11.6 Å². The van der Waals surface area contributed by atoms with E-state index < -0.39 is 25.9 Å². The maximum atomic E-state index is 13.4. The third-order valence-electron chi connectivity index (χ3n) is 4.79. The molecule has 2 aromatic carbocycles. The highest BCUT2D eigenvalue weighted by molar-refractivity contribution is 7.92. The molecule has 2 aromatic rings. The van der Waals surface area contributed by atoms with Crippen molar-refractivity contribution < 1.29 is 21.6 Å². The van der Waals surface area contributed by atoms with Crippen LogP contribution in [0.3, 0.4) is 0 Å². The average molecular weight is 444 g/mol. The predicted molar refractivity (Wildman–Crippen MR) is 109 cm³/mol. The fraction of sp³-hybridized carbons (Fsp3) is 0.368. The molecule has 1 heterocycles. The quantitative estimate of drug-likeness (QED) is 0.685. The fourth-order valence-corrected chi connectivity index (χ4v) is 7.31. The Morgan fingerprint density at radius 1 is 1.18 bits per heavy atom. The molecular weight excluding hydrogens is 422 g/mol. The largest absolute Gasteiger partial charge is 0.497 e. The number of hydrogen-bond donors (Lipinski definition) is 0. The fourth-order valence-electron chi connectivity index (χ4n) is 3.27. The third kappa shape index (κ3) is 4.51. The van der Waals surface area contributed by atoms with Gasteiger partial charge in [-0.2, -0.15) is 4.31 Å². The van der Waals surface area contributed by atoms with Gasteiger partial charge in [-0.15, -0.1) is 0 Å². The first-order chi connectivity index (χ1) is 13.1. The van der Waals surface area contributed by atoms with Gasteiger partial charge in [0.1, 0.15) is 10.6 Å². The van der Waals surface area contributed by atoms with Gasteiger partial charge in [-0.25, -0.2) is 16.8 Å². The van der Waals surface area contributed by atoms with Crippen molar-refractivity contribution >= 4 is 31.5 Å². The Morgan fingerprint density at radius 2 is 1.86 bits per heavy atom. The molecule has 0 amide bonds. The van der Waals surface area contributed by atoms with Crippen LogP contribution in [0.15, 0.2) is 47.4 Å². The molecular formula is C19H22ClNO5S2. The first-order valence-electron chi connectivity index (χ1n) is 8.74. The number of rotatable bonds is 6. The average Bonchev–Trinajstić information content (AvgIpc) is 2.99. The summed E-state index contributed by atoms with van der Waals surface area (Å²) in [6.07, 6.45) is 0.265. The summed E-state index contributed by atoms with van der Waals surface area (Å²) in [6.45, 7) is 1.87. The minimum Gasteiger partial charge on any atom is -0.497 e. The van der Waals surface area contributed by atoms with Crippen LogP contribution in [0.25, 0.3) is 0 Å². The highest BCUT2D eigenvalue weighted by Crippen LogP contribution is 2.31. The second-order valence-corrected chi connectivity index (χ2v) is 11.4.